The van der Waals surface area contributed by atoms with Gasteiger partial charge in [-0.3, -0.25) is 28.9 Å². The van der Waals surface area contributed by atoms with Crippen molar-refractivity contribution in [1.29, 1.82) is 0 Å². The van der Waals surface area contributed by atoms with E-state index in [1.54, 1.807) is 53.8 Å². The van der Waals surface area contributed by atoms with Gasteiger partial charge in [0.1, 0.15) is 29.3 Å². The molecule has 1 aromatic rings. The number of sulfonamides is 1. The summed E-state index contributed by atoms with van der Waals surface area (Å²) in [6.07, 6.45) is 3.51. The van der Waals surface area contributed by atoms with Gasteiger partial charge in [0.2, 0.25) is 21.8 Å². The number of esters is 1. The first-order valence-electron chi connectivity index (χ1n) is 16.7. The van der Waals surface area contributed by atoms with Gasteiger partial charge in [-0.1, -0.05) is 32.9 Å². The van der Waals surface area contributed by atoms with E-state index in [1.807, 2.05) is 12.1 Å². The van der Waals surface area contributed by atoms with E-state index < -0.39 is 85.7 Å². The number of aryl methyl sites for hydroxylation is 1. The minimum atomic E-state index is -3.90. The molecule has 1 aliphatic heterocycles. The van der Waals surface area contributed by atoms with Gasteiger partial charge in [-0.25, -0.2) is 13.2 Å². The van der Waals surface area contributed by atoms with E-state index in [0.29, 0.717) is 25.7 Å². The highest BCUT2D eigenvalue weighted by Gasteiger charge is 2.62. The second-order valence-corrected chi connectivity index (χ2v) is 17.1. The van der Waals surface area contributed by atoms with Crippen LogP contribution in [0.2, 0.25) is 0 Å². The number of hydrogen-bond acceptors (Lipinski definition) is 10. The van der Waals surface area contributed by atoms with E-state index in [-0.39, 0.29) is 25.8 Å². The summed E-state index contributed by atoms with van der Waals surface area (Å²) in [6.45, 7) is 13.9. The summed E-state index contributed by atoms with van der Waals surface area (Å²) in [6, 6.07) is 3.16. The fourth-order valence-corrected chi connectivity index (χ4v) is 7.20. The Balaban J connectivity index is 1.53. The molecule has 270 valence electrons. The van der Waals surface area contributed by atoms with Crippen molar-refractivity contribution in [3.8, 4) is 0 Å². The predicted molar refractivity (Wildman–Crippen MR) is 179 cm³/mol. The highest BCUT2D eigenvalue weighted by molar-refractivity contribution is 7.91. The van der Waals surface area contributed by atoms with Crippen LogP contribution < -0.4 is 15.4 Å². The van der Waals surface area contributed by atoms with Crippen LogP contribution in [0.15, 0.2) is 37.1 Å². The maximum absolute atomic E-state index is 14.2. The maximum atomic E-state index is 14.2. The number of likely N-dealkylation sites (tertiary alicyclic amines) is 1. The Morgan fingerprint density at radius 3 is 2.37 bits per heavy atom. The van der Waals surface area contributed by atoms with Gasteiger partial charge in [0.15, 0.2) is 0 Å². The quantitative estimate of drug-likeness (QED) is 0.203. The van der Waals surface area contributed by atoms with E-state index in [1.165, 1.54) is 11.0 Å². The third-order valence-electron chi connectivity index (χ3n) is 8.71. The molecule has 3 aliphatic rings. The third kappa shape index (κ3) is 9.79. The molecule has 4 rings (SSSR count). The Labute approximate surface area is 288 Å². The molecule has 0 spiro atoms. The molecule has 14 nitrogen and oxygen atoms in total. The van der Waals surface area contributed by atoms with Crippen LogP contribution in [0.4, 0.5) is 4.79 Å². The Bertz CT molecular complexity index is 1550. The number of alkyl carbamates (subject to hydrolysis) is 1. The first-order chi connectivity index (χ1) is 22.8. The number of aromatic nitrogens is 1. The summed E-state index contributed by atoms with van der Waals surface area (Å²) in [5, 5.41) is 4.70. The zero-order valence-corrected chi connectivity index (χ0v) is 29.9. The topological polar surface area (TPSA) is 190 Å². The van der Waals surface area contributed by atoms with Crippen LogP contribution in [-0.2, 0) is 45.1 Å². The first-order valence-corrected chi connectivity index (χ1v) is 18.2. The Kier molecular flexibility index (Phi) is 11.2. The lowest BCUT2D eigenvalue weighted by atomic mass is 9.85. The van der Waals surface area contributed by atoms with Crippen LogP contribution in [0, 0.1) is 11.3 Å². The Hall–Kier alpha value is -4.01. The number of pyridine rings is 1. The van der Waals surface area contributed by atoms with E-state index in [9.17, 15) is 32.4 Å². The lowest BCUT2D eigenvalue weighted by molar-refractivity contribution is -0.149. The van der Waals surface area contributed by atoms with Gasteiger partial charge in [0.05, 0.1) is 11.8 Å². The minimum absolute atomic E-state index is 0.0797. The van der Waals surface area contributed by atoms with Crippen molar-refractivity contribution in [2.45, 2.75) is 121 Å². The number of hydrogen-bond donors (Lipinski definition) is 3. The molecular formula is C34H49N5O9S. The molecule has 0 unspecified atom stereocenters. The zero-order chi connectivity index (χ0) is 36.4. The molecule has 49 heavy (non-hydrogen) atoms. The molecule has 2 heterocycles. The second-order valence-electron chi connectivity index (χ2n) is 15.2. The lowest BCUT2D eigenvalue weighted by Gasteiger charge is -2.36. The Morgan fingerprint density at radius 2 is 1.82 bits per heavy atom. The smallest absolute Gasteiger partial charge is 0.408 e. The summed E-state index contributed by atoms with van der Waals surface area (Å²) in [5.41, 5.74) is -2.42. The molecule has 0 radical (unpaired) electrons. The molecule has 2 saturated carbocycles. The molecule has 1 saturated heterocycles. The van der Waals surface area contributed by atoms with E-state index >= 15 is 0 Å². The van der Waals surface area contributed by atoms with Gasteiger partial charge in [-0.2, -0.15) is 0 Å². The first kappa shape index (κ1) is 37.8. The third-order valence-corrected chi connectivity index (χ3v) is 10.5. The summed E-state index contributed by atoms with van der Waals surface area (Å²) in [4.78, 5) is 72.7. The molecule has 3 fully saturated rings. The molecule has 0 aromatic carbocycles. The van der Waals surface area contributed by atoms with E-state index in [2.05, 4.69) is 26.9 Å². The fraction of sp³-hybridized carbons (Fsp3) is 0.647. The summed E-state index contributed by atoms with van der Waals surface area (Å²) < 4.78 is 38.4. The number of carbonyl (C=O) groups excluding carboxylic acids is 5. The van der Waals surface area contributed by atoms with Crippen molar-refractivity contribution >= 4 is 39.8 Å². The van der Waals surface area contributed by atoms with Crippen LogP contribution in [0.25, 0.3) is 0 Å². The largest absolute Gasteiger partial charge is 0.460 e. The minimum Gasteiger partial charge on any atom is -0.460 e. The summed E-state index contributed by atoms with van der Waals surface area (Å²) in [7, 11) is -3.90. The highest BCUT2D eigenvalue weighted by atomic mass is 32.2. The van der Waals surface area contributed by atoms with Crippen molar-refractivity contribution in [3.05, 3.63) is 42.7 Å². The highest BCUT2D eigenvalue weighted by Crippen LogP contribution is 2.45. The van der Waals surface area contributed by atoms with Crippen molar-refractivity contribution < 1.29 is 41.9 Å². The molecular weight excluding hydrogens is 654 g/mol. The SMILES string of the molecule is C=C[C@H]1C[C@]1(NC(=O)[C@@H]1C[C@@H](OC(=O)CCCc2ccccn2)CN1C(=O)[C@@H](NC(=O)OC(C)(C)C)C(C)(C)C)C(=O)NS(=O)(=O)C1CC1. The molecule has 5 atom stereocenters. The standard InChI is InChI=1S/C34H49N5O9S/c1-8-21-19-34(21,30(43)38-49(45,46)24-15-16-24)37-28(41)25-18-23(47-26(40)14-11-13-22-12-9-10-17-35-22)20-39(25)29(42)27(32(2,3)4)36-31(44)48-33(5,6)7/h8-10,12,17,21,23-25,27H,1,11,13-16,18-20H2,2-7H3,(H,36,44)(H,37,41)(H,38,43)/t21-,23+,25-,27+,34+/m0/s1. The monoisotopic (exact) mass is 703 g/mol. The van der Waals surface area contributed by atoms with Crippen molar-refractivity contribution in [2.24, 2.45) is 11.3 Å². The van der Waals surface area contributed by atoms with Crippen LogP contribution in [0.5, 0.6) is 0 Å². The van der Waals surface area contributed by atoms with Crippen molar-refractivity contribution in [2.75, 3.05) is 6.54 Å². The molecule has 3 N–H and O–H groups in total. The number of carbonyl (C=O) groups is 5. The predicted octanol–water partition coefficient (Wildman–Crippen LogP) is 2.53. The van der Waals surface area contributed by atoms with Gasteiger partial charge >= 0.3 is 12.1 Å². The van der Waals surface area contributed by atoms with Crippen LogP contribution in [-0.4, -0.2) is 89.2 Å². The van der Waals surface area contributed by atoms with E-state index in [0.717, 1.165) is 5.69 Å². The Morgan fingerprint density at radius 1 is 1.12 bits per heavy atom. The molecule has 2 aliphatic carbocycles. The van der Waals surface area contributed by atoms with Gasteiger partial charge in [0, 0.05) is 30.7 Å². The van der Waals surface area contributed by atoms with Gasteiger partial charge in [-0.15, -0.1) is 6.58 Å². The van der Waals surface area contributed by atoms with Crippen molar-refractivity contribution in [3.63, 3.8) is 0 Å². The van der Waals surface area contributed by atoms with Crippen molar-refractivity contribution in [1.82, 2.24) is 25.2 Å². The van der Waals surface area contributed by atoms with Crippen LogP contribution >= 0.6 is 0 Å². The second kappa shape index (κ2) is 14.5. The number of rotatable bonds is 13. The zero-order valence-electron chi connectivity index (χ0n) is 29.1. The lowest BCUT2D eigenvalue weighted by Crippen LogP contribution is -2.60. The normalized spacial score (nSPS) is 24.3. The van der Waals surface area contributed by atoms with Gasteiger partial charge < -0.3 is 25.0 Å². The fourth-order valence-electron chi connectivity index (χ4n) is 5.84. The average Bonchev–Trinajstić information content (AvgIpc) is 3.91. The van der Waals surface area contributed by atoms with E-state index in [4.69, 9.17) is 9.47 Å². The number of nitrogens with one attached hydrogen (secondary N) is 3. The number of amides is 4. The van der Waals surface area contributed by atoms with Gasteiger partial charge in [0.25, 0.3) is 5.91 Å². The molecule has 1 aromatic heterocycles. The van der Waals surface area contributed by atoms with Gasteiger partial charge in [-0.05, 0) is 70.4 Å². The average molecular weight is 704 g/mol. The number of ether oxygens (including phenoxy) is 2. The summed E-state index contributed by atoms with van der Waals surface area (Å²) >= 11 is 0. The maximum Gasteiger partial charge on any atom is 0.408 e. The molecule has 0 bridgehead atoms. The van der Waals surface area contributed by atoms with Crippen LogP contribution in [0.3, 0.4) is 0 Å². The molecule has 15 heteroatoms. The summed E-state index contributed by atoms with van der Waals surface area (Å²) in [5.74, 6) is -3.26. The van der Waals surface area contributed by atoms with Crippen LogP contribution in [0.1, 0.15) is 85.8 Å². The molecule has 4 amide bonds. The number of nitrogens with zero attached hydrogens (tertiary/aromatic N) is 2.